The largest absolute Gasteiger partial charge is 0.507 e. The molecular weight excluding hydrogens is 494 g/mol. The van der Waals surface area contributed by atoms with E-state index in [4.69, 9.17) is 9.47 Å². The number of carbonyl (C=O) groups is 3. The molecule has 0 saturated carbocycles. The summed E-state index contributed by atoms with van der Waals surface area (Å²) in [6.45, 7) is 7.64. The van der Waals surface area contributed by atoms with Crippen LogP contribution in [0.5, 0.6) is 5.75 Å². The molecule has 1 atom stereocenters. The van der Waals surface area contributed by atoms with Gasteiger partial charge >= 0.3 is 11.9 Å². The summed E-state index contributed by atoms with van der Waals surface area (Å²) in [6.07, 6.45) is 5.20. The highest BCUT2D eigenvalue weighted by Gasteiger charge is 2.48. The molecule has 1 fully saturated rings. The molecule has 3 heterocycles. The van der Waals surface area contributed by atoms with Crippen molar-refractivity contribution in [2.45, 2.75) is 26.3 Å². The van der Waals surface area contributed by atoms with Crippen molar-refractivity contribution in [3.05, 3.63) is 88.7 Å². The van der Waals surface area contributed by atoms with E-state index in [1.165, 1.54) is 23.4 Å². The molecule has 4 rings (SSSR count). The predicted octanol–water partition coefficient (Wildman–Crippen LogP) is 4.60. The van der Waals surface area contributed by atoms with Crippen LogP contribution in [0.4, 0.5) is 5.13 Å². The summed E-state index contributed by atoms with van der Waals surface area (Å²) >= 11 is 0.935. The zero-order valence-electron chi connectivity index (χ0n) is 20.3. The number of aliphatic hydroxyl groups excluding tert-OH is 1. The molecule has 2 aromatic heterocycles. The summed E-state index contributed by atoms with van der Waals surface area (Å²) in [6, 6.07) is 9.05. The number of pyridine rings is 1. The Balaban J connectivity index is 1.87. The minimum atomic E-state index is -1.01. The van der Waals surface area contributed by atoms with E-state index in [1.807, 2.05) is 6.92 Å². The molecule has 0 radical (unpaired) electrons. The van der Waals surface area contributed by atoms with Crippen LogP contribution in [-0.4, -0.2) is 45.9 Å². The first-order chi connectivity index (χ1) is 17.9. The minimum absolute atomic E-state index is 0.0203. The third-order valence-corrected chi connectivity index (χ3v) is 6.69. The lowest BCUT2D eigenvalue weighted by Gasteiger charge is -2.23. The van der Waals surface area contributed by atoms with Crippen LogP contribution in [0.3, 0.4) is 0 Å². The zero-order chi connectivity index (χ0) is 26.5. The van der Waals surface area contributed by atoms with E-state index >= 15 is 0 Å². The van der Waals surface area contributed by atoms with Crippen molar-refractivity contribution in [2.75, 3.05) is 18.1 Å². The van der Waals surface area contributed by atoms with Gasteiger partial charge in [-0.15, -0.1) is 0 Å². The van der Waals surface area contributed by atoms with E-state index in [-0.39, 0.29) is 27.9 Å². The monoisotopic (exact) mass is 519 g/mol. The Morgan fingerprint density at radius 2 is 2.00 bits per heavy atom. The summed E-state index contributed by atoms with van der Waals surface area (Å²) in [7, 11) is 0. The SMILES string of the molecule is C=CCOC(=O)c1sc(N2C(=O)C(=O)/C(=C(/O)c3ccncc3)C2c2cccc(OCCC)c2)nc1C. The molecule has 9 nitrogen and oxygen atoms in total. The standard InChI is InChI=1S/C27H25N3O6S/c1-4-13-35-19-8-6-7-18(15-19)21-20(22(31)17-9-11-28-12-10-17)23(32)25(33)30(21)27-29-16(3)24(37-27)26(34)36-14-5-2/h5-12,15,21,31H,2,4,13-14H2,1,3H3/b22-20+. The Morgan fingerprint density at radius 3 is 2.70 bits per heavy atom. The quantitative estimate of drug-likeness (QED) is 0.143. The molecule has 1 amide bonds. The zero-order valence-corrected chi connectivity index (χ0v) is 21.2. The average molecular weight is 520 g/mol. The second kappa shape index (κ2) is 11.2. The summed E-state index contributed by atoms with van der Waals surface area (Å²) < 4.78 is 10.9. The van der Waals surface area contributed by atoms with Crippen molar-refractivity contribution in [1.29, 1.82) is 0 Å². The third-order valence-electron chi connectivity index (χ3n) is 5.55. The summed E-state index contributed by atoms with van der Waals surface area (Å²) in [5.41, 5.74) is 1.11. The first kappa shape index (κ1) is 25.8. The number of Topliss-reactive ketones (excluding diaryl/α,β-unsaturated/α-hetero) is 1. The fourth-order valence-electron chi connectivity index (χ4n) is 3.88. The molecule has 1 unspecified atom stereocenters. The Bertz CT molecular complexity index is 1380. The Kier molecular flexibility index (Phi) is 7.78. The van der Waals surface area contributed by atoms with E-state index < -0.39 is 23.7 Å². The molecule has 0 bridgehead atoms. The van der Waals surface area contributed by atoms with E-state index in [9.17, 15) is 19.5 Å². The van der Waals surface area contributed by atoms with Crippen molar-refractivity contribution in [3.8, 4) is 5.75 Å². The van der Waals surface area contributed by atoms with Crippen molar-refractivity contribution < 1.29 is 29.0 Å². The third kappa shape index (κ3) is 5.14. The number of aryl methyl sites for hydroxylation is 1. The minimum Gasteiger partial charge on any atom is -0.507 e. The smallest absolute Gasteiger partial charge is 0.350 e. The van der Waals surface area contributed by atoms with Crippen LogP contribution >= 0.6 is 11.3 Å². The van der Waals surface area contributed by atoms with Gasteiger partial charge in [0.2, 0.25) is 0 Å². The number of anilines is 1. The van der Waals surface area contributed by atoms with E-state index in [2.05, 4.69) is 16.5 Å². The molecule has 0 aliphatic carbocycles. The number of carbonyl (C=O) groups excluding carboxylic acids is 3. The van der Waals surface area contributed by atoms with Crippen LogP contribution in [0, 0.1) is 6.92 Å². The van der Waals surface area contributed by atoms with Gasteiger partial charge in [-0.25, -0.2) is 9.78 Å². The summed E-state index contributed by atoms with van der Waals surface area (Å²) in [4.78, 5) is 49.0. The first-order valence-electron chi connectivity index (χ1n) is 11.6. The summed E-state index contributed by atoms with van der Waals surface area (Å²) in [5, 5.41) is 11.3. The molecular formula is C27H25N3O6S. The normalized spacial score (nSPS) is 16.6. The van der Waals surface area contributed by atoms with Crippen LogP contribution in [0.15, 0.2) is 67.0 Å². The van der Waals surface area contributed by atoms with Gasteiger partial charge in [0.25, 0.3) is 5.78 Å². The lowest BCUT2D eigenvalue weighted by molar-refractivity contribution is -0.132. The number of esters is 1. The van der Waals surface area contributed by atoms with Crippen molar-refractivity contribution >= 4 is 39.9 Å². The number of aromatic nitrogens is 2. The highest BCUT2D eigenvalue weighted by Crippen LogP contribution is 2.44. The lowest BCUT2D eigenvalue weighted by atomic mass is 9.95. The maximum Gasteiger partial charge on any atom is 0.350 e. The van der Waals surface area contributed by atoms with Gasteiger partial charge in [-0.05, 0) is 43.2 Å². The highest BCUT2D eigenvalue weighted by atomic mass is 32.1. The maximum absolute atomic E-state index is 13.4. The number of rotatable bonds is 9. The molecule has 1 aliphatic rings. The van der Waals surface area contributed by atoms with Gasteiger partial charge in [0.15, 0.2) is 5.13 Å². The van der Waals surface area contributed by atoms with Gasteiger partial charge in [-0.3, -0.25) is 19.5 Å². The van der Waals surface area contributed by atoms with Gasteiger partial charge in [0.1, 0.15) is 23.0 Å². The Hall–Kier alpha value is -4.31. The molecule has 37 heavy (non-hydrogen) atoms. The number of hydrogen-bond donors (Lipinski definition) is 1. The number of ether oxygens (including phenoxy) is 2. The van der Waals surface area contributed by atoms with Crippen LogP contribution in [0.2, 0.25) is 0 Å². The fourth-order valence-corrected chi connectivity index (χ4v) is 4.87. The van der Waals surface area contributed by atoms with E-state index in [0.29, 0.717) is 29.2 Å². The highest BCUT2D eigenvalue weighted by molar-refractivity contribution is 7.17. The van der Waals surface area contributed by atoms with Crippen LogP contribution in [-0.2, 0) is 14.3 Å². The van der Waals surface area contributed by atoms with Crippen LogP contribution < -0.4 is 9.64 Å². The van der Waals surface area contributed by atoms with Crippen molar-refractivity contribution in [1.82, 2.24) is 9.97 Å². The second-order valence-corrected chi connectivity index (χ2v) is 9.10. The van der Waals surface area contributed by atoms with Gasteiger partial charge in [-0.2, -0.15) is 0 Å². The Labute approximate surface area is 217 Å². The second-order valence-electron chi connectivity index (χ2n) is 8.12. The molecule has 0 spiro atoms. The number of nitrogens with zero attached hydrogens (tertiary/aromatic N) is 3. The lowest BCUT2D eigenvalue weighted by Crippen LogP contribution is -2.29. The predicted molar refractivity (Wildman–Crippen MR) is 139 cm³/mol. The number of amides is 1. The topological polar surface area (TPSA) is 119 Å². The van der Waals surface area contributed by atoms with Crippen LogP contribution in [0.25, 0.3) is 5.76 Å². The number of thiazole rings is 1. The fraction of sp³-hybridized carbons (Fsp3) is 0.222. The van der Waals surface area contributed by atoms with Crippen molar-refractivity contribution in [2.24, 2.45) is 0 Å². The van der Waals surface area contributed by atoms with Crippen LogP contribution in [0.1, 0.15) is 45.9 Å². The molecule has 3 aromatic rings. The Morgan fingerprint density at radius 1 is 1.24 bits per heavy atom. The summed E-state index contributed by atoms with van der Waals surface area (Å²) in [5.74, 6) is -2.14. The maximum atomic E-state index is 13.4. The van der Waals surface area contributed by atoms with E-state index in [0.717, 1.165) is 17.8 Å². The van der Waals surface area contributed by atoms with Gasteiger partial charge in [0, 0.05) is 18.0 Å². The molecule has 1 aliphatic heterocycles. The van der Waals surface area contributed by atoms with Gasteiger partial charge in [0.05, 0.1) is 23.9 Å². The molecule has 1 aromatic carbocycles. The molecule has 10 heteroatoms. The van der Waals surface area contributed by atoms with Gasteiger partial charge < -0.3 is 14.6 Å². The molecule has 190 valence electrons. The number of aliphatic hydroxyl groups is 1. The number of benzene rings is 1. The van der Waals surface area contributed by atoms with E-state index in [1.54, 1.807) is 43.3 Å². The number of ketones is 1. The average Bonchev–Trinajstić information content (AvgIpc) is 3.42. The molecule has 1 N–H and O–H groups in total. The number of hydrogen-bond acceptors (Lipinski definition) is 9. The first-order valence-corrected chi connectivity index (χ1v) is 12.4. The molecule has 1 saturated heterocycles. The van der Waals surface area contributed by atoms with Gasteiger partial charge in [-0.1, -0.05) is 43.0 Å². The van der Waals surface area contributed by atoms with Crippen molar-refractivity contribution in [3.63, 3.8) is 0 Å².